The van der Waals surface area contributed by atoms with Crippen LogP contribution in [-0.2, 0) is 25.9 Å². The summed E-state index contributed by atoms with van der Waals surface area (Å²) in [7, 11) is 0.103. The highest BCUT2D eigenvalue weighted by Crippen LogP contribution is 2.32. The lowest BCUT2D eigenvalue weighted by atomic mass is 10.0. The topological polar surface area (TPSA) is 108 Å². The number of aromatic nitrogens is 1. The number of halogens is 3. The number of sulfone groups is 1. The van der Waals surface area contributed by atoms with Crippen molar-refractivity contribution >= 4 is 38.0 Å². The molecule has 272 valence electrons. The van der Waals surface area contributed by atoms with E-state index in [-0.39, 0.29) is 35.7 Å². The van der Waals surface area contributed by atoms with Gasteiger partial charge in [-0.2, -0.15) is 13.2 Å². The third-order valence-electron chi connectivity index (χ3n) is 8.96. The van der Waals surface area contributed by atoms with Crippen molar-refractivity contribution in [1.29, 1.82) is 0 Å². The zero-order valence-corrected chi connectivity index (χ0v) is 29.5. The number of alkyl halides is 3. The van der Waals surface area contributed by atoms with Gasteiger partial charge < -0.3 is 34.5 Å². The summed E-state index contributed by atoms with van der Waals surface area (Å²) >= 11 is 0. The van der Waals surface area contributed by atoms with Gasteiger partial charge in [-0.25, -0.2) is 8.42 Å². The minimum Gasteiger partial charge on any atom is -0.489 e. The molecule has 0 spiro atoms. The Morgan fingerprint density at radius 3 is 2.42 bits per heavy atom. The molecule has 50 heavy (non-hydrogen) atoms. The van der Waals surface area contributed by atoms with Crippen molar-refractivity contribution in [1.82, 2.24) is 19.3 Å². The summed E-state index contributed by atoms with van der Waals surface area (Å²) in [5.41, 5.74) is 1.86. The number of carbonyl (C=O) groups is 1. The highest BCUT2D eigenvalue weighted by atomic mass is 32.2. The van der Waals surface area contributed by atoms with E-state index < -0.39 is 22.6 Å². The van der Waals surface area contributed by atoms with E-state index in [1.807, 2.05) is 11.0 Å². The van der Waals surface area contributed by atoms with Gasteiger partial charge in [0.25, 0.3) is 0 Å². The monoisotopic (exact) mass is 718 g/mol. The molecule has 2 aliphatic heterocycles. The first-order chi connectivity index (χ1) is 23.8. The van der Waals surface area contributed by atoms with E-state index in [0.29, 0.717) is 35.5 Å². The fourth-order valence-corrected chi connectivity index (χ4v) is 6.81. The number of fused-ring (bicyclic) bond motifs is 1. The van der Waals surface area contributed by atoms with Crippen LogP contribution in [0.5, 0.6) is 5.75 Å². The van der Waals surface area contributed by atoms with Crippen molar-refractivity contribution in [2.75, 3.05) is 96.6 Å². The molecule has 0 aliphatic carbocycles. The SMILES string of the molecule is COCCOc1cc(S(C)(=O)=O)ccc1NCC#Cc1cc2c(NC3CCN(CC(=O)N4CCN(C)CC4)CC3)cccc2n1CC(F)(F)F. The van der Waals surface area contributed by atoms with Crippen molar-refractivity contribution in [3.8, 4) is 17.6 Å². The van der Waals surface area contributed by atoms with Crippen LogP contribution in [0.4, 0.5) is 24.5 Å². The summed E-state index contributed by atoms with van der Waals surface area (Å²) < 4.78 is 77.3. The molecule has 3 aromatic rings. The van der Waals surface area contributed by atoms with Gasteiger partial charge in [-0.3, -0.25) is 9.69 Å². The lowest BCUT2D eigenvalue weighted by Gasteiger charge is -2.36. The first-order valence-electron chi connectivity index (χ1n) is 16.6. The van der Waals surface area contributed by atoms with Gasteiger partial charge in [-0.1, -0.05) is 12.0 Å². The molecule has 3 heterocycles. The summed E-state index contributed by atoms with van der Waals surface area (Å²) in [4.78, 5) is 19.2. The van der Waals surface area contributed by atoms with E-state index >= 15 is 0 Å². The number of methoxy groups -OCH3 is 1. The van der Waals surface area contributed by atoms with Crippen molar-refractivity contribution in [3.05, 3.63) is 48.2 Å². The normalized spacial score (nSPS) is 16.6. The number of benzene rings is 2. The number of hydrogen-bond acceptors (Lipinski definition) is 9. The zero-order chi connectivity index (χ0) is 35.9. The summed E-state index contributed by atoms with van der Waals surface area (Å²) in [5, 5.41) is 7.28. The summed E-state index contributed by atoms with van der Waals surface area (Å²) in [6.07, 6.45) is -1.76. The average Bonchev–Trinajstić information content (AvgIpc) is 3.40. The number of rotatable bonds is 12. The second-order valence-electron chi connectivity index (χ2n) is 12.8. The van der Waals surface area contributed by atoms with E-state index in [1.54, 1.807) is 24.3 Å². The number of ether oxygens (including phenoxy) is 2. The first-order valence-corrected chi connectivity index (χ1v) is 18.5. The third-order valence-corrected chi connectivity index (χ3v) is 10.1. The Morgan fingerprint density at radius 1 is 1.00 bits per heavy atom. The highest BCUT2D eigenvalue weighted by Gasteiger charge is 2.30. The number of hydrogen-bond donors (Lipinski definition) is 2. The van der Waals surface area contributed by atoms with Crippen LogP contribution in [0.1, 0.15) is 18.5 Å². The van der Waals surface area contributed by atoms with Gasteiger partial charge in [0.1, 0.15) is 18.9 Å². The van der Waals surface area contributed by atoms with Crippen LogP contribution in [0.15, 0.2) is 47.4 Å². The largest absolute Gasteiger partial charge is 0.489 e. The lowest BCUT2D eigenvalue weighted by Crippen LogP contribution is -2.51. The van der Waals surface area contributed by atoms with Crippen LogP contribution in [0.25, 0.3) is 10.9 Å². The van der Waals surface area contributed by atoms with Crippen molar-refractivity contribution in [2.45, 2.75) is 36.5 Å². The van der Waals surface area contributed by atoms with Crippen LogP contribution < -0.4 is 15.4 Å². The molecule has 0 radical (unpaired) electrons. The number of anilines is 2. The Labute approximate surface area is 291 Å². The Kier molecular flexibility index (Phi) is 12.2. The van der Waals surface area contributed by atoms with E-state index in [4.69, 9.17) is 9.47 Å². The second-order valence-corrected chi connectivity index (χ2v) is 14.8. The van der Waals surface area contributed by atoms with Crippen molar-refractivity contribution in [3.63, 3.8) is 0 Å². The molecular formula is C35H45F3N6O5S. The molecule has 2 fully saturated rings. The number of nitrogens with zero attached hydrogens (tertiary/aromatic N) is 4. The number of carbonyl (C=O) groups excluding carboxylic acids is 1. The molecule has 0 unspecified atom stereocenters. The zero-order valence-electron chi connectivity index (χ0n) is 28.7. The molecule has 2 aromatic carbocycles. The molecule has 2 saturated heterocycles. The summed E-state index contributed by atoms with van der Waals surface area (Å²) in [6, 6.07) is 11.5. The maximum Gasteiger partial charge on any atom is 0.406 e. The van der Waals surface area contributed by atoms with Crippen LogP contribution in [0, 0.1) is 11.8 Å². The summed E-state index contributed by atoms with van der Waals surface area (Å²) in [6.45, 7) is 4.52. The lowest BCUT2D eigenvalue weighted by molar-refractivity contribution is -0.140. The van der Waals surface area contributed by atoms with E-state index in [1.165, 1.54) is 23.8 Å². The molecule has 1 aromatic heterocycles. The standard InChI is InChI=1S/C35H45F3N6O5S/c1-41-16-18-43(19-17-41)34(45)24-42-14-11-26(12-15-42)40-30-7-4-8-32-29(30)22-27(44(32)25-35(36,37)38)6-5-13-39-31-10-9-28(50(3,46)47)23-33(31)49-21-20-48-2/h4,7-10,22-23,26,39-40H,11-21,24-25H2,1-3H3. The maximum absolute atomic E-state index is 13.8. The Balaban J connectivity index is 1.27. The number of amides is 1. The van der Waals surface area contributed by atoms with Crippen molar-refractivity contribution in [2.24, 2.45) is 0 Å². The van der Waals surface area contributed by atoms with Crippen LogP contribution in [-0.4, -0.2) is 132 Å². The molecule has 2 aliphatic rings. The van der Waals surface area contributed by atoms with Crippen LogP contribution in [0.2, 0.25) is 0 Å². The first kappa shape index (κ1) is 37.3. The predicted octanol–water partition coefficient (Wildman–Crippen LogP) is 3.75. The van der Waals surface area contributed by atoms with E-state index in [0.717, 1.165) is 64.1 Å². The molecule has 11 nitrogen and oxygen atoms in total. The van der Waals surface area contributed by atoms with Crippen molar-refractivity contribution < 1.29 is 35.9 Å². The van der Waals surface area contributed by atoms with Gasteiger partial charge in [0.15, 0.2) is 9.84 Å². The molecule has 1 amide bonds. The molecular weight excluding hydrogens is 673 g/mol. The number of likely N-dealkylation sites (tertiary alicyclic amines) is 1. The second kappa shape index (κ2) is 16.4. The number of likely N-dealkylation sites (N-methyl/N-ethyl adjacent to an activating group) is 1. The minimum absolute atomic E-state index is 0.0629. The van der Waals surface area contributed by atoms with Crippen LogP contribution >= 0.6 is 0 Å². The van der Waals surface area contributed by atoms with E-state index in [2.05, 4.69) is 39.3 Å². The third kappa shape index (κ3) is 10.1. The minimum atomic E-state index is -4.46. The van der Waals surface area contributed by atoms with Gasteiger partial charge in [-0.05, 0) is 56.1 Å². The van der Waals surface area contributed by atoms with Crippen LogP contribution in [0.3, 0.4) is 0 Å². The van der Waals surface area contributed by atoms with Gasteiger partial charge in [0, 0.05) is 75.8 Å². The Hall–Kier alpha value is -3.97. The van der Waals surface area contributed by atoms with E-state index in [9.17, 15) is 26.4 Å². The number of piperidine rings is 1. The molecule has 2 N–H and O–H groups in total. The fourth-order valence-electron chi connectivity index (χ4n) is 6.17. The van der Waals surface area contributed by atoms with Gasteiger partial charge >= 0.3 is 6.18 Å². The average molecular weight is 719 g/mol. The molecule has 0 saturated carbocycles. The molecule has 0 atom stereocenters. The molecule has 15 heteroatoms. The highest BCUT2D eigenvalue weighted by molar-refractivity contribution is 7.90. The molecule has 5 rings (SSSR count). The Morgan fingerprint density at radius 2 is 1.74 bits per heavy atom. The molecule has 0 bridgehead atoms. The smallest absolute Gasteiger partial charge is 0.406 e. The number of piperazine rings is 1. The fraction of sp³-hybridized carbons (Fsp3) is 0.514. The van der Waals surface area contributed by atoms with Gasteiger partial charge in [0.2, 0.25) is 5.91 Å². The summed E-state index contributed by atoms with van der Waals surface area (Å²) in [5.74, 6) is 6.27. The predicted molar refractivity (Wildman–Crippen MR) is 187 cm³/mol. The van der Waals surface area contributed by atoms with Gasteiger partial charge in [0.05, 0.1) is 41.5 Å². The number of nitrogens with one attached hydrogen (secondary N) is 2. The maximum atomic E-state index is 13.8. The Bertz CT molecular complexity index is 1800. The van der Waals surface area contributed by atoms with Gasteiger partial charge in [-0.15, -0.1) is 0 Å². The quantitative estimate of drug-likeness (QED) is 0.214.